The summed E-state index contributed by atoms with van der Waals surface area (Å²) in [6.07, 6.45) is 2.52. The van der Waals surface area contributed by atoms with Crippen LogP contribution < -0.4 is 5.73 Å². The van der Waals surface area contributed by atoms with Gasteiger partial charge in [0.1, 0.15) is 4.90 Å². The number of hydrogen-bond donors (Lipinski definition) is 1. The van der Waals surface area contributed by atoms with Gasteiger partial charge in [-0.2, -0.15) is 4.31 Å². The highest BCUT2D eigenvalue weighted by Crippen LogP contribution is 2.29. The lowest BCUT2D eigenvalue weighted by Gasteiger charge is -2.19. The molecule has 2 N–H and O–H groups in total. The van der Waals surface area contributed by atoms with Gasteiger partial charge in [-0.3, -0.25) is 4.98 Å². The molecule has 0 bridgehead atoms. The van der Waals surface area contributed by atoms with Crippen LogP contribution in [0.2, 0.25) is 0 Å². The molecule has 1 aromatic carbocycles. The van der Waals surface area contributed by atoms with Crippen LogP contribution >= 0.6 is 0 Å². The number of para-hydroxylation sites is 1. The van der Waals surface area contributed by atoms with Crippen LogP contribution in [0.15, 0.2) is 35.4 Å². The molecule has 2 heterocycles. The molecule has 1 fully saturated rings. The normalized spacial score (nSPS) is 21.3. The van der Waals surface area contributed by atoms with Crippen molar-refractivity contribution in [2.75, 3.05) is 13.1 Å². The third kappa shape index (κ3) is 2.62. The molecule has 118 valence electrons. The van der Waals surface area contributed by atoms with Crippen molar-refractivity contribution in [2.45, 2.75) is 31.2 Å². The van der Waals surface area contributed by atoms with Crippen LogP contribution in [0.25, 0.3) is 10.9 Å². The Morgan fingerprint density at radius 1 is 1.41 bits per heavy atom. The summed E-state index contributed by atoms with van der Waals surface area (Å²) in [4.78, 5) is 4.63. The summed E-state index contributed by atoms with van der Waals surface area (Å²) in [5.41, 5.74) is 7.47. The van der Waals surface area contributed by atoms with Crippen LogP contribution in [-0.2, 0) is 10.0 Å². The zero-order chi connectivity index (χ0) is 15.9. The van der Waals surface area contributed by atoms with E-state index in [9.17, 15) is 8.42 Å². The van der Waals surface area contributed by atoms with E-state index < -0.39 is 10.0 Å². The summed E-state index contributed by atoms with van der Waals surface area (Å²) in [5, 5.41) is 0.851. The summed E-state index contributed by atoms with van der Waals surface area (Å²) in [7, 11) is -3.53. The number of fused-ring (bicyclic) bond motifs is 1. The number of hydrogen-bond acceptors (Lipinski definition) is 4. The first-order valence-electron chi connectivity index (χ1n) is 7.50. The molecule has 0 amide bonds. The lowest BCUT2D eigenvalue weighted by atomic mass is 10.0. The largest absolute Gasteiger partial charge is 0.328 e. The number of pyridine rings is 1. The van der Waals surface area contributed by atoms with Gasteiger partial charge < -0.3 is 5.73 Å². The van der Waals surface area contributed by atoms with E-state index in [0.717, 1.165) is 17.4 Å². The highest BCUT2D eigenvalue weighted by molar-refractivity contribution is 7.89. The van der Waals surface area contributed by atoms with Crippen LogP contribution in [0, 0.1) is 12.8 Å². The van der Waals surface area contributed by atoms with Crippen LogP contribution in [0.3, 0.4) is 0 Å². The molecule has 1 saturated heterocycles. The molecular weight excluding hydrogens is 298 g/mol. The number of rotatable bonds is 3. The van der Waals surface area contributed by atoms with E-state index in [2.05, 4.69) is 4.98 Å². The van der Waals surface area contributed by atoms with E-state index in [4.69, 9.17) is 5.73 Å². The van der Waals surface area contributed by atoms with E-state index in [1.54, 1.807) is 18.3 Å². The maximum atomic E-state index is 12.9. The minimum absolute atomic E-state index is 0.00786. The highest BCUT2D eigenvalue weighted by Gasteiger charge is 2.34. The minimum atomic E-state index is -3.53. The van der Waals surface area contributed by atoms with Crippen molar-refractivity contribution in [3.05, 3.63) is 36.0 Å². The van der Waals surface area contributed by atoms with Crippen LogP contribution in [0.1, 0.15) is 18.9 Å². The molecule has 0 spiro atoms. The van der Waals surface area contributed by atoms with Crippen molar-refractivity contribution in [1.82, 2.24) is 9.29 Å². The van der Waals surface area contributed by atoms with Crippen molar-refractivity contribution >= 4 is 20.9 Å². The predicted octanol–water partition coefficient (Wildman–Crippen LogP) is 1.90. The lowest BCUT2D eigenvalue weighted by molar-refractivity contribution is 0.429. The second-order valence-electron chi connectivity index (χ2n) is 6.11. The van der Waals surface area contributed by atoms with Gasteiger partial charge in [-0.1, -0.05) is 12.1 Å². The molecule has 0 saturated carbocycles. The molecule has 2 unspecified atom stereocenters. The predicted molar refractivity (Wildman–Crippen MR) is 87.0 cm³/mol. The van der Waals surface area contributed by atoms with Gasteiger partial charge in [-0.05, 0) is 43.9 Å². The number of nitrogens with two attached hydrogens (primary N) is 1. The molecule has 6 heteroatoms. The van der Waals surface area contributed by atoms with Crippen molar-refractivity contribution < 1.29 is 8.42 Å². The van der Waals surface area contributed by atoms with Gasteiger partial charge in [0.05, 0.1) is 5.52 Å². The number of aryl methyl sites for hydroxylation is 1. The van der Waals surface area contributed by atoms with Crippen LogP contribution in [0.4, 0.5) is 0 Å². The van der Waals surface area contributed by atoms with Gasteiger partial charge in [0.2, 0.25) is 10.0 Å². The van der Waals surface area contributed by atoms with Gasteiger partial charge in [0, 0.05) is 30.7 Å². The molecule has 1 aliphatic rings. The van der Waals surface area contributed by atoms with Gasteiger partial charge in [-0.15, -0.1) is 0 Å². The summed E-state index contributed by atoms with van der Waals surface area (Å²) < 4.78 is 27.4. The fraction of sp³-hybridized carbons (Fsp3) is 0.438. The average molecular weight is 319 g/mol. The molecule has 5 nitrogen and oxygen atoms in total. The zero-order valence-corrected chi connectivity index (χ0v) is 13.7. The Hall–Kier alpha value is -1.50. The van der Waals surface area contributed by atoms with Gasteiger partial charge in [-0.25, -0.2) is 8.42 Å². The maximum absolute atomic E-state index is 12.9. The highest BCUT2D eigenvalue weighted by atomic mass is 32.2. The fourth-order valence-electron chi connectivity index (χ4n) is 2.99. The number of aromatic nitrogens is 1. The van der Waals surface area contributed by atoms with Crippen LogP contribution in [-0.4, -0.2) is 36.8 Å². The number of benzene rings is 1. The fourth-order valence-corrected chi connectivity index (χ4v) is 4.67. The first kappa shape index (κ1) is 15.4. The van der Waals surface area contributed by atoms with E-state index in [0.29, 0.717) is 18.6 Å². The topological polar surface area (TPSA) is 76.3 Å². The third-order valence-corrected chi connectivity index (χ3v) is 6.26. The second kappa shape index (κ2) is 5.61. The molecule has 3 rings (SSSR count). The molecule has 1 aromatic heterocycles. The van der Waals surface area contributed by atoms with Crippen molar-refractivity contribution in [1.29, 1.82) is 0 Å². The monoisotopic (exact) mass is 319 g/mol. The Balaban J connectivity index is 2.03. The van der Waals surface area contributed by atoms with Crippen molar-refractivity contribution in [3.8, 4) is 0 Å². The molecule has 2 atom stereocenters. The summed E-state index contributed by atoms with van der Waals surface area (Å²) in [5.74, 6) is 0.222. The van der Waals surface area contributed by atoms with Gasteiger partial charge >= 0.3 is 0 Å². The summed E-state index contributed by atoms with van der Waals surface area (Å²) >= 11 is 0. The lowest BCUT2D eigenvalue weighted by Crippen LogP contribution is -2.33. The molecule has 0 aliphatic carbocycles. The minimum Gasteiger partial charge on any atom is -0.328 e. The van der Waals surface area contributed by atoms with Crippen LogP contribution in [0.5, 0.6) is 0 Å². The standard InChI is InChI=1S/C16H21N3O2S/c1-11-8-13-4-3-5-15(16(13)18-9-11)22(20,21)19-7-6-14(10-19)12(2)17/h3-5,8-9,12,14H,6-7,10,17H2,1-2H3. The second-order valence-corrected chi connectivity index (χ2v) is 8.02. The smallest absolute Gasteiger partial charge is 0.245 e. The average Bonchev–Trinajstić information content (AvgIpc) is 2.97. The maximum Gasteiger partial charge on any atom is 0.245 e. The molecule has 22 heavy (non-hydrogen) atoms. The molecular formula is C16H21N3O2S. The van der Waals surface area contributed by atoms with Gasteiger partial charge in [0.15, 0.2) is 0 Å². The Morgan fingerprint density at radius 3 is 2.86 bits per heavy atom. The molecule has 1 aliphatic heterocycles. The first-order chi connectivity index (χ1) is 10.4. The van der Waals surface area contributed by atoms with E-state index in [1.165, 1.54) is 4.31 Å². The number of sulfonamides is 1. The Labute approximate surface area is 131 Å². The third-order valence-electron chi connectivity index (χ3n) is 4.36. The first-order valence-corrected chi connectivity index (χ1v) is 8.94. The molecule has 0 radical (unpaired) electrons. The Morgan fingerprint density at radius 2 is 2.18 bits per heavy atom. The Kier molecular flexibility index (Phi) is 3.92. The van der Waals surface area contributed by atoms with E-state index in [1.807, 2.05) is 26.0 Å². The SMILES string of the molecule is Cc1cnc2c(S(=O)(=O)N3CCC(C(C)N)C3)cccc2c1. The summed E-state index contributed by atoms with van der Waals surface area (Å²) in [6.45, 7) is 4.89. The van der Waals surface area contributed by atoms with E-state index >= 15 is 0 Å². The number of nitrogens with zero attached hydrogens (tertiary/aromatic N) is 2. The quantitative estimate of drug-likeness (QED) is 0.937. The van der Waals surface area contributed by atoms with E-state index in [-0.39, 0.29) is 16.9 Å². The van der Waals surface area contributed by atoms with Crippen molar-refractivity contribution in [3.63, 3.8) is 0 Å². The zero-order valence-electron chi connectivity index (χ0n) is 12.9. The Bertz CT molecular complexity index is 802. The molecule has 2 aromatic rings. The summed E-state index contributed by atoms with van der Waals surface area (Å²) in [6, 6.07) is 7.27. The van der Waals surface area contributed by atoms with Crippen molar-refractivity contribution in [2.24, 2.45) is 11.7 Å². The van der Waals surface area contributed by atoms with Gasteiger partial charge in [0.25, 0.3) is 0 Å².